The highest BCUT2D eigenvalue weighted by Crippen LogP contribution is 2.25. The summed E-state index contributed by atoms with van der Waals surface area (Å²) in [5.41, 5.74) is 8.33. The van der Waals surface area contributed by atoms with Crippen LogP contribution in [0.15, 0.2) is 18.2 Å². The number of anilines is 1. The van der Waals surface area contributed by atoms with Crippen molar-refractivity contribution in [2.45, 2.75) is 57.9 Å². The summed E-state index contributed by atoms with van der Waals surface area (Å²) in [7, 11) is 0. The van der Waals surface area contributed by atoms with Gasteiger partial charge in [-0.1, -0.05) is 26.2 Å². The van der Waals surface area contributed by atoms with E-state index in [1.54, 1.807) is 12.1 Å². The summed E-state index contributed by atoms with van der Waals surface area (Å²) < 4.78 is 13.6. The van der Waals surface area contributed by atoms with Gasteiger partial charge in [-0.25, -0.2) is 4.39 Å². The predicted octanol–water partition coefficient (Wildman–Crippen LogP) is 3.88. The molecular formula is C17H27FN2. The zero-order valence-corrected chi connectivity index (χ0v) is 12.6. The summed E-state index contributed by atoms with van der Waals surface area (Å²) in [4.78, 5) is 2.43. The fraction of sp³-hybridized carbons (Fsp3) is 0.647. The highest BCUT2D eigenvalue weighted by molar-refractivity contribution is 5.54. The number of benzene rings is 1. The molecule has 0 aliphatic carbocycles. The van der Waals surface area contributed by atoms with E-state index >= 15 is 0 Å². The SMILES string of the molecule is CCC(N)Cc1cc(F)ccc1N1CCCCCCC1. The predicted molar refractivity (Wildman–Crippen MR) is 83.7 cm³/mol. The van der Waals surface area contributed by atoms with Gasteiger partial charge in [-0.3, -0.25) is 0 Å². The molecule has 1 heterocycles. The van der Waals surface area contributed by atoms with Crippen LogP contribution in [0.4, 0.5) is 10.1 Å². The third kappa shape index (κ3) is 4.20. The second-order valence-corrected chi connectivity index (χ2v) is 5.90. The maximum Gasteiger partial charge on any atom is 0.123 e. The molecule has 0 amide bonds. The zero-order chi connectivity index (χ0) is 14.4. The molecule has 0 aromatic heterocycles. The van der Waals surface area contributed by atoms with Gasteiger partial charge >= 0.3 is 0 Å². The van der Waals surface area contributed by atoms with E-state index in [1.165, 1.54) is 37.8 Å². The van der Waals surface area contributed by atoms with Crippen LogP contribution in [0.25, 0.3) is 0 Å². The number of hydrogen-bond donors (Lipinski definition) is 1. The first-order chi connectivity index (χ1) is 9.70. The van der Waals surface area contributed by atoms with Crippen LogP contribution in [-0.2, 0) is 6.42 Å². The van der Waals surface area contributed by atoms with Crippen LogP contribution in [0.2, 0.25) is 0 Å². The quantitative estimate of drug-likeness (QED) is 0.905. The number of nitrogens with two attached hydrogens (primary N) is 1. The van der Waals surface area contributed by atoms with Crippen molar-refractivity contribution >= 4 is 5.69 Å². The minimum absolute atomic E-state index is 0.116. The lowest BCUT2D eigenvalue weighted by Gasteiger charge is -2.29. The Labute approximate surface area is 122 Å². The molecule has 2 rings (SSSR count). The molecule has 0 saturated carbocycles. The van der Waals surface area contributed by atoms with Gasteiger partial charge in [0.2, 0.25) is 0 Å². The average Bonchev–Trinajstić information content (AvgIpc) is 2.39. The first-order valence-electron chi connectivity index (χ1n) is 7.99. The summed E-state index contributed by atoms with van der Waals surface area (Å²) in [6.45, 7) is 4.25. The molecule has 2 nitrogen and oxygen atoms in total. The van der Waals surface area contributed by atoms with Gasteiger partial charge in [-0.15, -0.1) is 0 Å². The van der Waals surface area contributed by atoms with Crippen molar-refractivity contribution in [3.63, 3.8) is 0 Å². The molecule has 0 spiro atoms. The lowest BCUT2D eigenvalue weighted by molar-refractivity contribution is 0.553. The normalized spacial score (nSPS) is 18.4. The van der Waals surface area contributed by atoms with Crippen molar-refractivity contribution in [3.8, 4) is 0 Å². The molecule has 0 radical (unpaired) electrons. The van der Waals surface area contributed by atoms with Crippen LogP contribution in [0.1, 0.15) is 51.0 Å². The first-order valence-corrected chi connectivity index (χ1v) is 7.99. The first kappa shape index (κ1) is 15.3. The van der Waals surface area contributed by atoms with Gasteiger partial charge in [0, 0.05) is 24.8 Å². The Hall–Kier alpha value is -1.09. The van der Waals surface area contributed by atoms with Crippen LogP contribution in [-0.4, -0.2) is 19.1 Å². The highest BCUT2D eigenvalue weighted by Gasteiger charge is 2.15. The van der Waals surface area contributed by atoms with E-state index in [1.807, 2.05) is 6.07 Å². The zero-order valence-electron chi connectivity index (χ0n) is 12.6. The van der Waals surface area contributed by atoms with Crippen LogP contribution in [0, 0.1) is 5.82 Å². The van der Waals surface area contributed by atoms with E-state index < -0.39 is 0 Å². The Kier molecular flexibility index (Phi) is 5.84. The van der Waals surface area contributed by atoms with E-state index in [-0.39, 0.29) is 11.9 Å². The standard InChI is InChI=1S/C17H27FN2/c1-2-16(19)13-14-12-15(18)8-9-17(14)20-10-6-4-3-5-7-11-20/h8-9,12,16H,2-7,10-11,13,19H2,1H3. The molecule has 0 bridgehead atoms. The molecule has 20 heavy (non-hydrogen) atoms. The summed E-state index contributed by atoms with van der Waals surface area (Å²) in [5.74, 6) is -0.154. The molecular weight excluding hydrogens is 251 g/mol. The van der Waals surface area contributed by atoms with Gasteiger partial charge in [-0.05, 0) is 49.4 Å². The maximum absolute atomic E-state index is 13.6. The molecule has 1 atom stereocenters. The molecule has 1 aliphatic rings. The van der Waals surface area contributed by atoms with E-state index in [0.29, 0.717) is 0 Å². The number of hydrogen-bond acceptors (Lipinski definition) is 2. The third-order valence-electron chi connectivity index (χ3n) is 4.24. The fourth-order valence-electron chi connectivity index (χ4n) is 2.94. The molecule has 2 N–H and O–H groups in total. The second-order valence-electron chi connectivity index (χ2n) is 5.90. The van der Waals surface area contributed by atoms with Gasteiger partial charge < -0.3 is 10.6 Å². The molecule has 1 aromatic carbocycles. The Balaban J connectivity index is 2.19. The molecule has 1 unspecified atom stereocenters. The van der Waals surface area contributed by atoms with Crippen molar-refractivity contribution in [3.05, 3.63) is 29.6 Å². The largest absolute Gasteiger partial charge is 0.371 e. The van der Waals surface area contributed by atoms with Gasteiger partial charge in [0.15, 0.2) is 0 Å². The number of rotatable bonds is 4. The summed E-state index contributed by atoms with van der Waals surface area (Å²) in [5, 5.41) is 0. The van der Waals surface area contributed by atoms with Crippen LogP contribution in [0.3, 0.4) is 0 Å². The Morgan fingerprint density at radius 1 is 1.15 bits per heavy atom. The van der Waals surface area contributed by atoms with E-state index in [9.17, 15) is 4.39 Å². The molecule has 1 saturated heterocycles. The Morgan fingerprint density at radius 3 is 2.45 bits per heavy atom. The van der Waals surface area contributed by atoms with Crippen molar-refractivity contribution in [2.75, 3.05) is 18.0 Å². The molecule has 112 valence electrons. The molecule has 3 heteroatoms. The van der Waals surface area contributed by atoms with Crippen molar-refractivity contribution in [1.82, 2.24) is 0 Å². The third-order valence-corrected chi connectivity index (χ3v) is 4.24. The van der Waals surface area contributed by atoms with Crippen molar-refractivity contribution in [2.24, 2.45) is 5.73 Å². The van der Waals surface area contributed by atoms with Crippen LogP contribution < -0.4 is 10.6 Å². The summed E-state index contributed by atoms with van der Waals surface area (Å²) >= 11 is 0. The molecule has 1 aromatic rings. The number of nitrogens with zero attached hydrogens (tertiary/aromatic N) is 1. The second kappa shape index (κ2) is 7.63. The fourth-order valence-corrected chi connectivity index (χ4v) is 2.94. The van der Waals surface area contributed by atoms with Crippen LogP contribution >= 0.6 is 0 Å². The van der Waals surface area contributed by atoms with Crippen molar-refractivity contribution in [1.29, 1.82) is 0 Å². The van der Waals surface area contributed by atoms with Crippen molar-refractivity contribution < 1.29 is 4.39 Å². The van der Waals surface area contributed by atoms with Gasteiger partial charge in [0.1, 0.15) is 5.82 Å². The maximum atomic E-state index is 13.6. The molecule has 1 fully saturated rings. The van der Waals surface area contributed by atoms with Gasteiger partial charge in [0.25, 0.3) is 0 Å². The van der Waals surface area contributed by atoms with Gasteiger partial charge in [-0.2, -0.15) is 0 Å². The summed E-state index contributed by atoms with van der Waals surface area (Å²) in [6.07, 6.45) is 8.12. The topological polar surface area (TPSA) is 29.3 Å². The molecule has 1 aliphatic heterocycles. The number of halogens is 1. The monoisotopic (exact) mass is 278 g/mol. The minimum Gasteiger partial charge on any atom is -0.371 e. The minimum atomic E-state index is -0.154. The summed E-state index contributed by atoms with van der Waals surface area (Å²) in [6, 6.07) is 5.30. The van der Waals surface area contributed by atoms with E-state index in [2.05, 4.69) is 11.8 Å². The smallest absolute Gasteiger partial charge is 0.123 e. The lowest BCUT2D eigenvalue weighted by atomic mass is 10.0. The Bertz CT molecular complexity index is 411. The van der Waals surface area contributed by atoms with Crippen LogP contribution in [0.5, 0.6) is 0 Å². The lowest BCUT2D eigenvalue weighted by Crippen LogP contribution is -2.29. The van der Waals surface area contributed by atoms with Gasteiger partial charge in [0.05, 0.1) is 0 Å². The average molecular weight is 278 g/mol. The Morgan fingerprint density at radius 2 is 1.80 bits per heavy atom. The highest BCUT2D eigenvalue weighted by atomic mass is 19.1. The van der Waals surface area contributed by atoms with E-state index in [0.717, 1.165) is 31.5 Å². The van der Waals surface area contributed by atoms with E-state index in [4.69, 9.17) is 5.73 Å².